The van der Waals surface area contributed by atoms with Gasteiger partial charge in [-0.3, -0.25) is 9.48 Å². The molecule has 1 aromatic carbocycles. The number of hydrogen-bond acceptors (Lipinski definition) is 3. The average Bonchev–Trinajstić information content (AvgIpc) is 3.03. The van der Waals surface area contributed by atoms with Crippen molar-refractivity contribution in [3.8, 4) is 0 Å². The van der Waals surface area contributed by atoms with Crippen LogP contribution in [0, 0.1) is 0 Å². The molecular formula is C19H25N3O3. The number of amides is 1. The van der Waals surface area contributed by atoms with E-state index in [4.69, 9.17) is 5.11 Å². The Balaban J connectivity index is 2.06. The molecule has 134 valence electrons. The molecule has 0 saturated carbocycles. The summed E-state index contributed by atoms with van der Waals surface area (Å²) in [4.78, 5) is 23.3. The fourth-order valence-corrected chi connectivity index (χ4v) is 2.41. The second-order valence-corrected chi connectivity index (χ2v) is 7.26. The topological polar surface area (TPSA) is 84.2 Å². The van der Waals surface area contributed by atoms with Gasteiger partial charge in [-0.25, -0.2) is 4.79 Å². The van der Waals surface area contributed by atoms with E-state index in [-0.39, 0.29) is 23.1 Å². The lowest BCUT2D eigenvalue weighted by molar-refractivity contribution is -0.140. The van der Waals surface area contributed by atoms with Crippen LogP contribution in [-0.2, 0) is 10.2 Å². The van der Waals surface area contributed by atoms with E-state index in [2.05, 4.69) is 43.3 Å². The molecular weight excluding hydrogens is 318 g/mol. The number of carbonyl (C=O) groups is 2. The molecule has 0 aliphatic carbocycles. The Kier molecular flexibility index (Phi) is 5.30. The lowest BCUT2D eigenvalue weighted by atomic mass is 9.86. The number of carboxylic acids is 1. The second-order valence-electron chi connectivity index (χ2n) is 7.26. The summed E-state index contributed by atoms with van der Waals surface area (Å²) in [6.45, 7) is 9.88. The summed E-state index contributed by atoms with van der Waals surface area (Å²) in [6.07, 6.45) is 1.50. The third-order valence-electron chi connectivity index (χ3n) is 4.22. The van der Waals surface area contributed by atoms with Gasteiger partial charge in [-0.05, 0) is 36.5 Å². The molecule has 6 nitrogen and oxygen atoms in total. The van der Waals surface area contributed by atoms with Crippen LogP contribution >= 0.6 is 0 Å². The predicted octanol–water partition coefficient (Wildman–Crippen LogP) is 3.32. The number of carboxylic acid groups (broad SMARTS) is 1. The minimum Gasteiger partial charge on any atom is -0.480 e. The van der Waals surface area contributed by atoms with Crippen LogP contribution in [0.4, 0.5) is 0 Å². The fraction of sp³-hybridized carbons (Fsp3) is 0.421. The van der Waals surface area contributed by atoms with Crippen molar-refractivity contribution in [2.24, 2.45) is 0 Å². The Morgan fingerprint density at radius 1 is 1.12 bits per heavy atom. The molecule has 0 radical (unpaired) electrons. The summed E-state index contributed by atoms with van der Waals surface area (Å²) in [5.74, 6) is -1.33. The third-order valence-corrected chi connectivity index (χ3v) is 4.22. The highest BCUT2D eigenvalue weighted by Crippen LogP contribution is 2.24. The molecule has 2 rings (SSSR count). The molecule has 1 amide bonds. The van der Waals surface area contributed by atoms with E-state index in [1.54, 1.807) is 0 Å². The van der Waals surface area contributed by atoms with Crippen molar-refractivity contribution in [1.82, 2.24) is 15.1 Å². The summed E-state index contributed by atoms with van der Waals surface area (Å²) in [6, 6.07) is 8.69. The summed E-state index contributed by atoms with van der Waals surface area (Å²) in [5, 5.41) is 15.9. The standard InChI is InChI=1S/C19H25N3O3/c1-12(14-6-8-15(9-7-14)19(3,4)5)20-17(23)16-10-11-22(21-16)13(2)18(24)25/h6-13H,1-5H3,(H,20,23)(H,24,25). The van der Waals surface area contributed by atoms with E-state index in [9.17, 15) is 9.59 Å². The first kappa shape index (κ1) is 18.7. The minimum absolute atomic E-state index is 0.0820. The third kappa shape index (κ3) is 4.47. The SMILES string of the molecule is CC(NC(=O)c1ccn(C(C)C(=O)O)n1)c1ccc(C(C)(C)C)cc1. The zero-order valence-electron chi connectivity index (χ0n) is 15.3. The molecule has 6 heteroatoms. The Bertz CT molecular complexity index is 757. The monoisotopic (exact) mass is 343 g/mol. The number of aliphatic carboxylic acids is 1. The van der Waals surface area contributed by atoms with Gasteiger partial charge in [-0.1, -0.05) is 45.0 Å². The van der Waals surface area contributed by atoms with E-state index >= 15 is 0 Å². The molecule has 1 aromatic heterocycles. The number of rotatable bonds is 5. The van der Waals surface area contributed by atoms with Gasteiger partial charge < -0.3 is 10.4 Å². The van der Waals surface area contributed by atoms with Crippen LogP contribution in [0.25, 0.3) is 0 Å². The molecule has 2 atom stereocenters. The summed E-state index contributed by atoms with van der Waals surface area (Å²) >= 11 is 0. The summed E-state index contributed by atoms with van der Waals surface area (Å²) in [7, 11) is 0. The number of carbonyl (C=O) groups excluding carboxylic acids is 1. The number of nitrogens with one attached hydrogen (secondary N) is 1. The summed E-state index contributed by atoms with van der Waals surface area (Å²) in [5.41, 5.74) is 2.51. The van der Waals surface area contributed by atoms with Crippen LogP contribution in [0.3, 0.4) is 0 Å². The van der Waals surface area contributed by atoms with Gasteiger partial charge in [0.2, 0.25) is 0 Å². The van der Waals surface area contributed by atoms with E-state index in [0.29, 0.717) is 0 Å². The molecule has 0 aliphatic rings. The van der Waals surface area contributed by atoms with Gasteiger partial charge in [0.15, 0.2) is 0 Å². The Hall–Kier alpha value is -2.63. The number of hydrogen-bond donors (Lipinski definition) is 2. The molecule has 0 aliphatic heterocycles. The lowest BCUT2D eigenvalue weighted by Gasteiger charge is -2.20. The minimum atomic E-state index is -0.998. The molecule has 0 spiro atoms. The van der Waals surface area contributed by atoms with Gasteiger partial charge in [0.1, 0.15) is 11.7 Å². The van der Waals surface area contributed by atoms with Gasteiger partial charge in [0.25, 0.3) is 5.91 Å². The Morgan fingerprint density at radius 3 is 2.24 bits per heavy atom. The predicted molar refractivity (Wildman–Crippen MR) is 95.6 cm³/mol. The molecule has 2 N–H and O–H groups in total. The lowest BCUT2D eigenvalue weighted by Crippen LogP contribution is -2.27. The van der Waals surface area contributed by atoms with Crippen molar-refractivity contribution in [3.63, 3.8) is 0 Å². The van der Waals surface area contributed by atoms with Crippen LogP contribution in [0.15, 0.2) is 36.5 Å². The van der Waals surface area contributed by atoms with Gasteiger partial charge >= 0.3 is 5.97 Å². The van der Waals surface area contributed by atoms with Gasteiger partial charge in [0, 0.05) is 6.20 Å². The number of benzene rings is 1. The Morgan fingerprint density at radius 2 is 1.72 bits per heavy atom. The number of nitrogens with zero attached hydrogens (tertiary/aromatic N) is 2. The highest BCUT2D eigenvalue weighted by Gasteiger charge is 2.19. The van der Waals surface area contributed by atoms with Crippen LogP contribution < -0.4 is 5.32 Å². The largest absolute Gasteiger partial charge is 0.480 e. The maximum atomic E-state index is 12.3. The first-order valence-electron chi connectivity index (χ1n) is 8.29. The van der Waals surface area contributed by atoms with E-state index in [1.165, 1.54) is 29.4 Å². The Labute approximate surface area is 147 Å². The molecule has 0 saturated heterocycles. The highest BCUT2D eigenvalue weighted by molar-refractivity contribution is 5.92. The first-order chi connectivity index (χ1) is 11.6. The van der Waals surface area contributed by atoms with E-state index in [1.807, 2.05) is 19.1 Å². The van der Waals surface area contributed by atoms with Crippen molar-refractivity contribution >= 4 is 11.9 Å². The number of aromatic nitrogens is 2. The first-order valence-corrected chi connectivity index (χ1v) is 8.29. The fourth-order valence-electron chi connectivity index (χ4n) is 2.41. The average molecular weight is 343 g/mol. The maximum absolute atomic E-state index is 12.3. The van der Waals surface area contributed by atoms with Gasteiger partial charge in [-0.15, -0.1) is 0 Å². The van der Waals surface area contributed by atoms with Crippen LogP contribution in [0.2, 0.25) is 0 Å². The second kappa shape index (κ2) is 7.09. The van der Waals surface area contributed by atoms with E-state index in [0.717, 1.165) is 5.56 Å². The van der Waals surface area contributed by atoms with Crippen molar-refractivity contribution in [1.29, 1.82) is 0 Å². The summed E-state index contributed by atoms with van der Waals surface area (Å²) < 4.78 is 1.26. The van der Waals surface area contributed by atoms with Crippen molar-refractivity contribution in [2.75, 3.05) is 0 Å². The molecule has 0 bridgehead atoms. The van der Waals surface area contributed by atoms with E-state index < -0.39 is 12.0 Å². The van der Waals surface area contributed by atoms with Crippen molar-refractivity contribution < 1.29 is 14.7 Å². The highest BCUT2D eigenvalue weighted by atomic mass is 16.4. The van der Waals surface area contributed by atoms with Gasteiger partial charge in [0.05, 0.1) is 6.04 Å². The zero-order chi connectivity index (χ0) is 18.8. The molecule has 25 heavy (non-hydrogen) atoms. The van der Waals surface area contributed by atoms with Crippen molar-refractivity contribution in [3.05, 3.63) is 53.3 Å². The molecule has 0 fully saturated rings. The smallest absolute Gasteiger partial charge is 0.328 e. The van der Waals surface area contributed by atoms with Crippen LogP contribution in [0.5, 0.6) is 0 Å². The molecule has 1 heterocycles. The van der Waals surface area contributed by atoms with Gasteiger partial charge in [-0.2, -0.15) is 5.10 Å². The van der Waals surface area contributed by atoms with Crippen molar-refractivity contribution in [2.45, 2.75) is 52.1 Å². The molecule has 2 unspecified atom stereocenters. The van der Waals surface area contributed by atoms with Crippen LogP contribution in [0.1, 0.15) is 68.3 Å². The normalized spacial score (nSPS) is 14.0. The van der Waals surface area contributed by atoms with Crippen LogP contribution in [-0.4, -0.2) is 26.8 Å². The molecule has 2 aromatic rings. The quantitative estimate of drug-likeness (QED) is 0.872. The zero-order valence-corrected chi connectivity index (χ0v) is 15.3. The maximum Gasteiger partial charge on any atom is 0.328 e.